The molecule has 0 bridgehead atoms. The van der Waals surface area contributed by atoms with E-state index in [4.69, 9.17) is 0 Å². The van der Waals surface area contributed by atoms with Crippen LogP contribution in [0.1, 0.15) is 12.0 Å². The lowest BCUT2D eigenvalue weighted by atomic mass is 9.84. The zero-order valence-corrected chi connectivity index (χ0v) is 13.5. The first kappa shape index (κ1) is 14.6. The first-order valence-corrected chi connectivity index (χ1v) is 8.54. The van der Waals surface area contributed by atoms with Crippen molar-refractivity contribution < 1.29 is 5.11 Å². The van der Waals surface area contributed by atoms with Crippen LogP contribution in [0, 0.1) is 0 Å². The van der Waals surface area contributed by atoms with Gasteiger partial charge in [-0.05, 0) is 25.5 Å². The molecule has 2 atom stereocenters. The standard InChI is InChI=1S/C18H27N3O/c1-19-12-18(13-19)14-20(8-7-15-5-3-2-4-6-15)10-16-9-17(22)11-21(16)18/h2-6,16-17,22H,7-14H2,1H3. The number of aliphatic hydroxyl groups excluding tert-OH is 1. The normalized spacial score (nSPS) is 32.1. The molecule has 4 heteroatoms. The van der Waals surface area contributed by atoms with Crippen molar-refractivity contribution in [2.45, 2.75) is 30.5 Å². The predicted molar refractivity (Wildman–Crippen MR) is 87.9 cm³/mol. The molecular formula is C18H27N3O. The highest BCUT2D eigenvalue weighted by Crippen LogP contribution is 2.38. The van der Waals surface area contributed by atoms with Crippen LogP contribution in [0.2, 0.25) is 0 Å². The fourth-order valence-electron chi connectivity index (χ4n) is 4.86. The highest BCUT2D eigenvalue weighted by Gasteiger charge is 2.54. The number of fused-ring (bicyclic) bond motifs is 2. The second kappa shape index (κ2) is 5.60. The van der Waals surface area contributed by atoms with E-state index >= 15 is 0 Å². The average Bonchev–Trinajstić information content (AvgIpc) is 2.86. The first-order chi connectivity index (χ1) is 10.6. The number of likely N-dealkylation sites (N-methyl/N-ethyl adjacent to an activating group) is 1. The molecule has 3 aliphatic rings. The molecule has 1 aromatic carbocycles. The van der Waals surface area contributed by atoms with Crippen molar-refractivity contribution in [2.24, 2.45) is 0 Å². The summed E-state index contributed by atoms with van der Waals surface area (Å²) in [5, 5.41) is 10.1. The molecule has 1 N–H and O–H groups in total. The molecule has 22 heavy (non-hydrogen) atoms. The third-order valence-corrected chi connectivity index (χ3v) is 5.68. The molecule has 3 heterocycles. The summed E-state index contributed by atoms with van der Waals surface area (Å²) in [5.41, 5.74) is 1.72. The van der Waals surface area contributed by atoms with Gasteiger partial charge in [-0.2, -0.15) is 0 Å². The molecule has 3 saturated heterocycles. The molecule has 0 aliphatic carbocycles. The number of nitrogens with zero attached hydrogens (tertiary/aromatic N) is 3. The number of rotatable bonds is 3. The smallest absolute Gasteiger partial charge is 0.0682 e. The van der Waals surface area contributed by atoms with Gasteiger partial charge in [-0.1, -0.05) is 30.3 Å². The SMILES string of the molecule is CN1CC2(C1)CN(CCc1ccccc1)CC1CC(O)CN12. The maximum Gasteiger partial charge on any atom is 0.0682 e. The van der Waals surface area contributed by atoms with Gasteiger partial charge in [0.25, 0.3) is 0 Å². The molecule has 120 valence electrons. The molecule has 1 aromatic rings. The van der Waals surface area contributed by atoms with E-state index in [1.807, 2.05) is 0 Å². The van der Waals surface area contributed by atoms with E-state index in [1.165, 1.54) is 5.56 Å². The number of likely N-dealkylation sites (tertiary alicyclic amines) is 1. The second-order valence-electron chi connectivity index (χ2n) is 7.56. The quantitative estimate of drug-likeness (QED) is 0.888. The van der Waals surface area contributed by atoms with E-state index in [0.29, 0.717) is 11.6 Å². The Morgan fingerprint density at radius 3 is 2.64 bits per heavy atom. The average molecular weight is 301 g/mol. The van der Waals surface area contributed by atoms with Crippen LogP contribution in [0.4, 0.5) is 0 Å². The van der Waals surface area contributed by atoms with Crippen molar-refractivity contribution in [3.8, 4) is 0 Å². The lowest BCUT2D eigenvalue weighted by Crippen LogP contribution is -2.77. The van der Waals surface area contributed by atoms with Crippen molar-refractivity contribution in [1.29, 1.82) is 0 Å². The molecule has 1 spiro atoms. The minimum absolute atomic E-state index is 0.123. The van der Waals surface area contributed by atoms with E-state index in [2.05, 4.69) is 52.1 Å². The van der Waals surface area contributed by atoms with E-state index < -0.39 is 0 Å². The summed E-state index contributed by atoms with van der Waals surface area (Å²) < 4.78 is 0. The van der Waals surface area contributed by atoms with Gasteiger partial charge < -0.3 is 10.0 Å². The maximum absolute atomic E-state index is 10.1. The van der Waals surface area contributed by atoms with Crippen LogP contribution in [0.15, 0.2) is 30.3 Å². The van der Waals surface area contributed by atoms with Crippen LogP contribution in [0.5, 0.6) is 0 Å². The number of aliphatic hydroxyl groups is 1. The Morgan fingerprint density at radius 2 is 1.91 bits per heavy atom. The molecule has 0 aromatic heterocycles. The highest BCUT2D eigenvalue weighted by atomic mass is 16.3. The van der Waals surface area contributed by atoms with E-state index in [-0.39, 0.29) is 6.10 Å². The topological polar surface area (TPSA) is 30.0 Å². The molecule has 0 amide bonds. The summed E-state index contributed by atoms with van der Waals surface area (Å²) in [6.45, 7) is 6.60. The van der Waals surface area contributed by atoms with Gasteiger partial charge in [0.15, 0.2) is 0 Å². The summed E-state index contributed by atoms with van der Waals surface area (Å²) in [4.78, 5) is 7.67. The lowest BCUT2D eigenvalue weighted by molar-refractivity contribution is -0.104. The number of piperazine rings is 1. The minimum Gasteiger partial charge on any atom is -0.392 e. The molecular weight excluding hydrogens is 274 g/mol. The van der Waals surface area contributed by atoms with Crippen LogP contribution in [0.25, 0.3) is 0 Å². The van der Waals surface area contributed by atoms with Crippen molar-refractivity contribution in [3.05, 3.63) is 35.9 Å². The van der Waals surface area contributed by atoms with Crippen molar-refractivity contribution in [3.63, 3.8) is 0 Å². The Bertz CT molecular complexity index is 514. The van der Waals surface area contributed by atoms with Gasteiger partial charge in [-0.3, -0.25) is 9.80 Å². The molecule has 0 saturated carbocycles. The molecule has 4 rings (SSSR count). The van der Waals surface area contributed by atoms with Crippen LogP contribution in [-0.2, 0) is 6.42 Å². The minimum atomic E-state index is -0.123. The Labute approximate surface area is 133 Å². The molecule has 3 aliphatic heterocycles. The predicted octanol–water partition coefficient (Wildman–Crippen LogP) is 0.664. The monoisotopic (exact) mass is 301 g/mol. The molecule has 2 unspecified atom stereocenters. The van der Waals surface area contributed by atoms with Gasteiger partial charge in [0.05, 0.1) is 11.6 Å². The van der Waals surface area contributed by atoms with Crippen LogP contribution in [0.3, 0.4) is 0 Å². The van der Waals surface area contributed by atoms with E-state index in [1.54, 1.807) is 0 Å². The summed E-state index contributed by atoms with van der Waals surface area (Å²) in [6, 6.07) is 11.3. The van der Waals surface area contributed by atoms with Gasteiger partial charge in [0.1, 0.15) is 0 Å². The number of hydrogen-bond donors (Lipinski definition) is 1. The largest absolute Gasteiger partial charge is 0.392 e. The Kier molecular flexibility index (Phi) is 3.73. The second-order valence-corrected chi connectivity index (χ2v) is 7.56. The summed E-state index contributed by atoms with van der Waals surface area (Å²) >= 11 is 0. The molecule has 0 radical (unpaired) electrons. The van der Waals surface area contributed by atoms with Crippen molar-refractivity contribution in [1.82, 2.24) is 14.7 Å². The molecule has 4 nitrogen and oxygen atoms in total. The number of hydrogen-bond acceptors (Lipinski definition) is 4. The Morgan fingerprint density at radius 1 is 1.14 bits per heavy atom. The first-order valence-electron chi connectivity index (χ1n) is 8.54. The third-order valence-electron chi connectivity index (χ3n) is 5.68. The summed E-state index contributed by atoms with van der Waals surface area (Å²) in [6.07, 6.45) is 1.96. The van der Waals surface area contributed by atoms with E-state index in [0.717, 1.165) is 52.1 Å². The summed E-state index contributed by atoms with van der Waals surface area (Å²) in [5.74, 6) is 0. The summed E-state index contributed by atoms with van der Waals surface area (Å²) in [7, 11) is 2.20. The van der Waals surface area contributed by atoms with E-state index in [9.17, 15) is 5.11 Å². The molecule has 3 fully saturated rings. The van der Waals surface area contributed by atoms with Crippen molar-refractivity contribution >= 4 is 0 Å². The van der Waals surface area contributed by atoms with Gasteiger partial charge in [0.2, 0.25) is 0 Å². The van der Waals surface area contributed by atoms with Gasteiger partial charge in [-0.15, -0.1) is 0 Å². The van der Waals surface area contributed by atoms with Gasteiger partial charge in [-0.25, -0.2) is 0 Å². The Balaban J connectivity index is 1.44. The van der Waals surface area contributed by atoms with Crippen LogP contribution < -0.4 is 0 Å². The zero-order valence-electron chi connectivity index (χ0n) is 13.5. The van der Waals surface area contributed by atoms with Crippen LogP contribution in [-0.4, -0.2) is 83.8 Å². The maximum atomic E-state index is 10.1. The fraction of sp³-hybridized carbons (Fsp3) is 0.667. The number of β-amino-alcohol motifs (C(OH)–C–C–N with tert-alkyl or cyclic N) is 1. The third kappa shape index (κ3) is 2.58. The lowest BCUT2D eigenvalue weighted by Gasteiger charge is -2.60. The Hall–Kier alpha value is -0.940. The van der Waals surface area contributed by atoms with Gasteiger partial charge in [0, 0.05) is 45.3 Å². The fourth-order valence-corrected chi connectivity index (χ4v) is 4.86. The highest BCUT2D eigenvalue weighted by molar-refractivity contribution is 5.16. The number of benzene rings is 1. The van der Waals surface area contributed by atoms with Crippen molar-refractivity contribution in [2.75, 3.05) is 46.3 Å². The zero-order chi connectivity index (χ0) is 15.2. The van der Waals surface area contributed by atoms with Gasteiger partial charge >= 0.3 is 0 Å². The van der Waals surface area contributed by atoms with Crippen LogP contribution >= 0.6 is 0 Å².